The molecule has 0 spiro atoms. The van der Waals surface area contributed by atoms with Crippen molar-refractivity contribution in [3.63, 3.8) is 0 Å². The number of hydrogen-bond donors (Lipinski definition) is 1. The summed E-state index contributed by atoms with van der Waals surface area (Å²) in [5.74, 6) is -0.0172. The van der Waals surface area contributed by atoms with Crippen LogP contribution in [0.5, 0.6) is 0 Å². The Kier molecular flexibility index (Phi) is 7.65. The predicted octanol–water partition coefficient (Wildman–Crippen LogP) is 4.73. The first-order chi connectivity index (χ1) is 18.8. The van der Waals surface area contributed by atoms with Crippen LogP contribution in [0, 0.1) is 13.8 Å². The van der Waals surface area contributed by atoms with Crippen molar-refractivity contribution in [2.75, 3.05) is 36.4 Å². The molecule has 1 saturated heterocycles. The Bertz CT molecular complexity index is 1460. The third-order valence-electron chi connectivity index (χ3n) is 7.21. The van der Waals surface area contributed by atoms with Crippen LogP contribution in [0.3, 0.4) is 0 Å². The fourth-order valence-electron chi connectivity index (χ4n) is 5.33. The van der Waals surface area contributed by atoms with Crippen molar-refractivity contribution in [3.05, 3.63) is 106 Å². The van der Waals surface area contributed by atoms with Gasteiger partial charge in [0, 0.05) is 37.6 Å². The predicted molar refractivity (Wildman–Crippen MR) is 156 cm³/mol. The average molecular weight is 525 g/mol. The smallest absolute Gasteiger partial charge is 0.350 e. The van der Waals surface area contributed by atoms with Crippen molar-refractivity contribution in [2.45, 2.75) is 39.8 Å². The highest BCUT2D eigenvalue weighted by molar-refractivity contribution is 5.95. The van der Waals surface area contributed by atoms with Gasteiger partial charge >= 0.3 is 5.69 Å². The third kappa shape index (κ3) is 5.81. The van der Waals surface area contributed by atoms with E-state index >= 15 is 0 Å². The van der Waals surface area contributed by atoms with E-state index in [9.17, 15) is 9.59 Å². The first-order valence-electron chi connectivity index (χ1n) is 13.5. The number of nitrogens with zero attached hydrogens (tertiary/aromatic N) is 5. The number of anilines is 2. The maximum absolute atomic E-state index is 13.6. The molecule has 0 bridgehead atoms. The molecule has 8 heteroatoms. The highest BCUT2D eigenvalue weighted by Crippen LogP contribution is 2.27. The van der Waals surface area contributed by atoms with Crippen molar-refractivity contribution in [2.24, 2.45) is 0 Å². The largest absolute Gasteiger partial charge is 0.369 e. The maximum Gasteiger partial charge on any atom is 0.350 e. The summed E-state index contributed by atoms with van der Waals surface area (Å²) in [5, 5.41) is 7.39. The second-order valence-electron chi connectivity index (χ2n) is 10.5. The Morgan fingerprint density at radius 2 is 1.46 bits per heavy atom. The lowest BCUT2D eigenvalue weighted by molar-refractivity contribution is -0.121. The number of hydrogen-bond acceptors (Lipinski definition) is 5. The molecule has 1 aliphatic rings. The minimum absolute atomic E-state index is 0.0111. The van der Waals surface area contributed by atoms with Gasteiger partial charge in [0.1, 0.15) is 12.4 Å². The molecular formula is C31H36N6O2. The van der Waals surface area contributed by atoms with Crippen LogP contribution in [0.4, 0.5) is 11.4 Å². The molecule has 1 amide bonds. The summed E-state index contributed by atoms with van der Waals surface area (Å²) in [6, 6.07) is 23.8. The number of rotatable bonds is 7. The van der Waals surface area contributed by atoms with Crippen molar-refractivity contribution in [1.29, 1.82) is 0 Å². The Morgan fingerprint density at radius 1 is 0.846 bits per heavy atom. The summed E-state index contributed by atoms with van der Waals surface area (Å²) < 4.78 is 3.05. The SMILES string of the molecule is Cc1cc(C)cc(NC(=O)C(c2ccccc2)N2CCN(c3ccc(-n4cnn(C(C)C)c4=O)cc3)CC2)c1. The van der Waals surface area contributed by atoms with Gasteiger partial charge in [0.25, 0.3) is 0 Å². The number of aryl methyl sites for hydroxylation is 2. The lowest BCUT2D eigenvalue weighted by Crippen LogP contribution is -2.50. The molecule has 0 radical (unpaired) electrons. The minimum Gasteiger partial charge on any atom is -0.369 e. The summed E-state index contributed by atoms with van der Waals surface area (Å²) in [6.45, 7) is 11.1. The first kappa shape index (κ1) is 26.4. The van der Waals surface area contributed by atoms with Crippen molar-refractivity contribution >= 4 is 17.3 Å². The molecule has 4 aromatic rings. The van der Waals surface area contributed by atoms with Crippen LogP contribution in [-0.4, -0.2) is 51.3 Å². The Hall–Kier alpha value is -4.17. The number of piperazine rings is 1. The van der Waals surface area contributed by atoms with E-state index in [-0.39, 0.29) is 23.7 Å². The fraction of sp³-hybridized carbons (Fsp3) is 0.323. The number of benzene rings is 3. The van der Waals surface area contributed by atoms with E-state index in [1.165, 1.54) is 4.68 Å². The van der Waals surface area contributed by atoms with Crippen LogP contribution in [0.15, 0.2) is 83.9 Å². The molecule has 1 fully saturated rings. The zero-order valence-corrected chi connectivity index (χ0v) is 23.0. The summed E-state index contributed by atoms with van der Waals surface area (Å²) in [7, 11) is 0. The zero-order chi connectivity index (χ0) is 27.5. The molecule has 5 rings (SSSR count). The molecule has 2 heterocycles. The molecule has 1 N–H and O–H groups in total. The van der Waals surface area contributed by atoms with E-state index in [0.29, 0.717) is 0 Å². The van der Waals surface area contributed by atoms with Crippen molar-refractivity contribution in [1.82, 2.24) is 19.2 Å². The topological polar surface area (TPSA) is 75.4 Å². The van der Waals surface area contributed by atoms with Gasteiger partial charge in [0.05, 0.1) is 11.7 Å². The van der Waals surface area contributed by atoms with Crippen LogP contribution in [0.25, 0.3) is 5.69 Å². The molecule has 202 valence electrons. The Balaban J connectivity index is 1.29. The van der Waals surface area contributed by atoms with Gasteiger partial charge in [-0.05, 0) is 80.8 Å². The van der Waals surface area contributed by atoms with Crippen LogP contribution in [0.2, 0.25) is 0 Å². The normalized spacial score (nSPS) is 14.9. The standard InChI is InChI=1S/C31H36N6O2/c1-22(2)37-31(39)36(21-32-37)28-12-10-27(11-13-28)34-14-16-35(17-15-34)29(25-8-6-5-7-9-25)30(38)33-26-19-23(3)18-24(4)20-26/h5-13,18-22,29H,14-17H2,1-4H3,(H,33,38). The van der Waals surface area contributed by atoms with Crippen LogP contribution < -0.4 is 15.9 Å². The fourth-order valence-corrected chi connectivity index (χ4v) is 5.33. The summed E-state index contributed by atoms with van der Waals surface area (Å²) in [6.07, 6.45) is 1.57. The highest BCUT2D eigenvalue weighted by Gasteiger charge is 2.30. The van der Waals surface area contributed by atoms with Crippen molar-refractivity contribution < 1.29 is 4.79 Å². The molecular weight excluding hydrogens is 488 g/mol. The number of amides is 1. The molecule has 1 aromatic heterocycles. The van der Waals surface area contributed by atoms with Gasteiger partial charge in [-0.1, -0.05) is 36.4 Å². The second kappa shape index (κ2) is 11.3. The molecule has 1 aliphatic heterocycles. The molecule has 8 nitrogen and oxygen atoms in total. The number of nitrogens with one attached hydrogen (secondary N) is 1. The summed E-state index contributed by atoms with van der Waals surface area (Å²) in [5.41, 5.74) is 5.82. The highest BCUT2D eigenvalue weighted by atomic mass is 16.2. The molecule has 39 heavy (non-hydrogen) atoms. The lowest BCUT2D eigenvalue weighted by atomic mass is 10.0. The van der Waals surface area contributed by atoms with Gasteiger partial charge < -0.3 is 10.2 Å². The molecule has 1 atom stereocenters. The quantitative estimate of drug-likeness (QED) is 0.378. The van der Waals surface area contributed by atoms with Gasteiger partial charge in [-0.15, -0.1) is 0 Å². The average Bonchev–Trinajstić information content (AvgIpc) is 3.31. The van der Waals surface area contributed by atoms with Crippen LogP contribution in [0.1, 0.15) is 42.6 Å². The lowest BCUT2D eigenvalue weighted by Gasteiger charge is -2.39. The van der Waals surface area contributed by atoms with Gasteiger partial charge in [0.2, 0.25) is 5.91 Å². The zero-order valence-electron chi connectivity index (χ0n) is 23.0. The van der Waals surface area contributed by atoms with Gasteiger partial charge in [0.15, 0.2) is 0 Å². The van der Waals surface area contributed by atoms with E-state index < -0.39 is 0 Å². The Labute approximate surface area is 229 Å². The van der Waals surface area contributed by atoms with E-state index in [4.69, 9.17) is 0 Å². The first-order valence-corrected chi connectivity index (χ1v) is 13.5. The maximum atomic E-state index is 13.6. The van der Waals surface area contributed by atoms with E-state index in [0.717, 1.165) is 59.9 Å². The molecule has 0 aliphatic carbocycles. The monoisotopic (exact) mass is 524 g/mol. The number of carbonyl (C=O) groups excluding carboxylic acids is 1. The third-order valence-corrected chi connectivity index (χ3v) is 7.21. The van der Waals surface area contributed by atoms with Gasteiger partial charge in [-0.25, -0.2) is 14.0 Å². The summed E-state index contributed by atoms with van der Waals surface area (Å²) in [4.78, 5) is 30.8. The Morgan fingerprint density at radius 3 is 2.05 bits per heavy atom. The van der Waals surface area contributed by atoms with E-state index in [2.05, 4.69) is 26.3 Å². The number of aromatic nitrogens is 3. The van der Waals surface area contributed by atoms with Crippen LogP contribution >= 0.6 is 0 Å². The summed E-state index contributed by atoms with van der Waals surface area (Å²) >= 11 is 0. The second-order valence-corrected chi connectivity index (χ2v) is 10.5. The molecule has 0 saturated carbocycles. The van der Waals surface area contributed by atoms with E-state index in [1.54, 1.807) is 10.9 Å². The number of carbonyl (C=O) groups is 1. The van der Waals surface area contributed by atoms with Gasteiger partial charge in [-0.2, -0.15) is 5.10 Å². The van der Waals surface area contributed by atoms with E-state index in [1.807, 2.05) is 94.4 Å². The van der Waals surface area contributed by atoms with Crippen LogP contribution in [-0.2, 0) is 4.79 Å². The molecule has 3 aromatic carbocycles. The van der Waals surface area contributed by atoms with Crippen molar-refractivity contribution in [3.8, 4) is 5.69 Å². The minimum atomic E-state index is -0.374. The van der Waals surface area contributed by atoms with Gasteiger partial charge in [-0.3, -0.25) is 9.69 Å². The molecule has 1 unspecified atom stereocenters.